The van der Waals surface area contributed by atoms with E-state index in [1.165, 1.54) is 0 Å². The van der Waals surface area contributed by atoms with Gasteiger partial charge in [0.05, 0.1) is 19.0 Å². The van der Waals surface area contributed by atoms with Crippen molar-refractivity contribution in [3.05, 3.63) is 11.8 Å². The number of nitrogens with zero attached hydrogens (tertiary/aromatic N) is 1. The maximum atomic E-state index is 5.71. The Hall–Kier alpha value is -0.540. The predicted molar refractivity (Wildman–Crippen MR) is 61.9 cm³/mol. The summed E-state index contributed by atoms with van der Waals surface area (Å²) in [7, 11) is 0. The molecular formula is C12H23NO2. The summed E-state index contributed by atoms with van der Waals surface area (Å²) < 4.78 is 11.0. The molecule has 1 rings (SSSR count). The number of hydrogen-bond donors (Lipinski definition) is 0. The van der Waals surface area contributed by atoms with Crippen LogP contribution in [-0.4, -0.2) is 44.4 Å². The van der Waals surface area contributed by atoms with E-state index in [0.29, 0.717) is 0 Å². The van der Waals surface area contributed by atoms with Crippen molar-refractivity contribution in [2.24, 2.45) is 0 Å². The van der Waals surface area contributed by atoms with Gasteiger partial charge in [0.2, 0.25) is 0 Å². The third-order valence-corrected chi connectivity index (χ3v) is 2.58. The molecule has 0 unspecified atom stereocenters. The van der Waals surface area contributed by atoms with E-state index in [1.807, 2.05) is 0 Å². The maximum absolute atomic E-state index is 5.71. The van der Waals surface area contributed by atoms with Gasteiger partial charge in [0.15, 0.2) is 0 Å². The van der Waals surface area contributed by atoms with Crippen LogP contribution in [0.3, 0.4) is 0 Å². The molecule has 1 saturated heterocycles. The zero-order chi connectivity index (χ0) is 10.9. The van der Waals surface area contributed by atoms with E-state index in [1.54, 1.807) is 0 Å². The van der Waals surface area contributed by atoms with Crippen molar-refractivity contribution in [2.75, 3.05) is 39.5 Å². The molecular weight excluding hydrogens is 190 g/mol. The van der Waals surface area contributed by atoms with Crippen molar-refractivity contribution in [1.82, 2.24) is 4.90 Å². The number of ether oxygens (including phenoxy) is 2. The Morgan fingerprint density at radius 2 is 2.07 bits per heavy atom. The lowest BCUT2D eigenvalue weighted by Gasteiger charge is -2.26. The highest BCUT2D eigenvalue weighted by molar-refractivity contribution is 4.91. The van der Waals surface area contributed by atoms with Gasteiger partial charge >= 0.3 is 0 Å². The van der Waals surface area contributed by atoms with E-state index in [0.717, 1.165) is 58.1 Å². The summed E-state index contributed by atoms with van der Waals surface area (Å²) >= 11 is 0. The summed E-state index contributed by atoms with van der Waals surface area (Å²) in [5.74, 6) is 1.13. The lowest BCUT2D eigenvalue weighted by atomic mass is 10.3. The fourth-order valence-corrected chi connectivity index (χ4v) is 1.66. The van der Waals surface area contributed by atoms with Gasteiger partial charge in [-0.2, -0.15) is 0 Å². The zero-order valence-corrected chi connectivity index (χ0v) is 10.00. The number of morpholine rings is 1. The monoisotopic (exact) mass is 213 g/mol. The molecule has 0 spiro atoms. The number of hydrogen-bond acceptors (Lipinski definition) is 3. The van der Waals surface area contributed by atoms with Gasteiger partial charge in [-0.1, -0.05) is 13.8 Å². The molecule has 3 nitrogen and oxygen atoms in total. The molecule has 0 aromatic rings. The summed E-state index contributed by atoms with van der Waals surface area (Å²) in [6.45, 7) is 9.92. The Bertz CT molecular complexity index is 186. The van der Waals surface area contributed by atoms with Crippen LogP contribution >= 0.6 is 0 Å². The van der Waals surface area contributed by atoms with Crippen LogP contribution in [0.4, 0.5) is 0 Å². The lowest BCUT2D eigenvalue weighted by molar-refractivity contribution is 0.0271. The molecule has 0 saturated carbocycles. The molecule has 0 radical (unpaired) electrons. The van der Waals surface area contributed by atoms with Crippen LogP contribution < -0.4 is 0 Å². The molecule has 0 N–H and O–H groups in total. The average Bonchev–Trinajstić information content (AvgIpc) is 2.29. The maximum Gasteiger partial charge on any atom is 0.100 e. The second-order valence-corrected chi connectivity index (χ2v) is 3.73. The van der Waals surface area contributed by atoms with E-state index in [2.05, 4.69) is 24.8 Å². The Kier molecular flexibility index (Phi) is 6.44. The average molecular weight is 213 g/mol. The first-order valence-corrected chi connectivity index (χ1v) is 5.98. The minimum Gasteiger partial charge on any atom is -0.497 e. The highest BCUT2D eigenvalue weighted by Gasteiger charge is 2.09. The van der Waals surface area contributed by atoms with Gasteiger partial charge in [-0.25, -0.2) is 0 Å². The molecule has 1 fully saturated rings. The van der Waals surface area contributed by atoms with Gasteiger partial charge in [-0.05, 0) is 12.5 Å². The third kappa shape index (κ3) is 5.19. The summed E-state index contributed by atoms with van der Waals surface area (Å²) in [4.78, 5) is 2.39. The van der Waals surface area contributed by atoms with Crippen LogP contribution in [0.2, 0.25) is 0 Å². The largest absolute Gasteiger partial charge is 0.497 e. The smallest absolute Gasteiger partial charge is 0.100 e. The highest BCUT2D eigenvalue weighted by Crippen LogP contribution is 2.05. The van der Waals surface area contributed by atoms with Gasteiger partial charge in [0.25, 0.3) is 0 Å². The molecule has 0 aliphatic carbocycles. The van der Waals surface area contributed by atoms with Crippen molar-refractivity contribution in [2.45, 2.75) is 26.7 Å². The number of rotatable bonds is 6. The second kappa shape index (κ2) is 7.71. The Morgan fingerprint density at radius 3 is 2.67 bits per heavy atom. The third-order valence-electron chi connectivity index (χ3n) is 2.58. The van der Waals surface area contributed by atoms with Crippen LogP contribution in [0.1, 0.15) is 26.7 Å². The molecule has 0 atom stereocenters. The molecule has 3 heteroatoms. The van der Waals surface area contributed by atoms with E-state index in [-0.39, 0.29) is 0 Å². The fraction of sp³-hybridized carbons (Fsp3) is 0.833. The van der Waals surface area contributed by atoms with E-state index < -0.39 is 0 Å². The topological polar surface area (TPSA) is 21.7 Å². The number of allylic oxidation sites excluding steroid dienone is 2. The van der Waals surface area contributed by atoms with Gasteiger partial charge in [-0.15, -0.1) is 0 Å². The molecule has 0 aromatic carbocycles. The minimum absolute atomic E-state index is 0.805. The van der Waals surface area contributed by atoms with Crippen molar-refractivity contribution < 1.29 is 9.47 Å². The first kappa shape index (κ1) is 12.5. The standard InChI is InChI=1S/C12H23NO2/c1-3-5-12(4-2)15-11-8-13-6-9-14-10-7-13/h5H,3-4,6-11H2,1-2H3/b12-5+. The second-order valence-electron chi connectivity index (χ2n) is 3.73. The summed E-state index contributed by atoms with van der Waals surface area (Å²) in [6, 6.07) is 0. The first-order valence-electron chi connectivity index (χ1n) is 5.98. The van der Waals surface area contributed by atoms with Crippen LogP contribution in [0.15, 0.2) is 11.8 Å². The van der Waals surface area contributed by atoms with Gasteiger partial charge in [0.1, 0.15) is 6.61 Å². The molecule has 1 aliphatic rings. The molecule has 0 bridgehead atoms. The van der Waals surface area contributed by atoms with Crippen LogP contribution in [0, 0.1) is 0 Å². The van der Waals surface area contributed by atoms with Gasteiger partial charge in [-0.3, -0.25) is 4.90 Å². The van der Waals surface area contributed by atoms with E-state index >= 15 is 0 Å². The van der Waals surface area contributed by atoms with Gasteiger partial charge in [0, 0.05) is 26.1 Å². The SMILES string of the molecule is CC/C=C(\CC)OCCN1CCOCC1. The van der Waals surface area contributed by atoms with E-state index in [9.17, 15) is 0 Å². The quantitative estimate of drug-likeness (QED) is 0.630. The summed E-state index contributed by atoms with van der Waals surface area (Å²) in [5.41, 5.74) is 0. The van der Waals surface area contributed by atoms with Crippen molar-refractivity contribution in [3.8, 4) is 0 Å². The molecule has 15 heavy (non-hydrogen) atoms. The highest BCUT2D eigenvalue weighted by atomic mass is 16.5. The molecule has 1 aliphatic heterocycles. The Morgan fingerprint density at radius 1 is 1.33 bits per heavy atom. The van der Waals surface area contributed by atoms with Crippen LogP contribution in [-0.2, 0) is 9.47 Å². The van der Waals surface area contributed by atoms with Crippen molar-refractivity contribution >= 4 is 0 Å². The summed E-state index contributed by atoms with van der Waals surface area (Å²) in [6.07, 6.45) is 4.22. The fourth-order valence-electron chi connectivity index (χ4n) is 1.66. The first-order chi connectivity index (χ1) is 7.36. The molecule has 0 amide bonds. The molecule has 1 heterocycles. The van der Waals surface area contributed by atoms with E-state index in [4.69, 9.17) is 9.47 Å². The zero-order valence-electron chi connectivity index (χ0n) is 10.00. The Balaban J connectivity index is 2.11. The van der Waals surface area contributed by atoms with Crippen LogP contribution in [0.5, 0.6) is 0 Å². The van der Waals surface area contributed by atoms with Crippen molar-refractivity contribution in [3.63, 3.8) is 0 Å². The lowest BCUT2D eigenvalue weighted by Crippen LogP contribution is -2.38. The van der Waals surface area contributed by atoms with Gasteiger partial charge < -0.3 is 9.47 Å². The molecule has 88 valence electrons. The molecule has 0 aromatic heterocycles. The minimum atomic E-state index is 0.805. The summed E-state index contributed by atoms with van der Waals surface area (Å²) in [5, 5.41) is 0. The predicted octanol–water partition coefficient (Wildman–Crippen LogP) is 2.04. The Labute approximate surface area is 93.0 Å². The van der Waals surface area contributed by atoms with Crippen LogP contribution in [0.25, 0.3) is 0 Å². The normalized spacial score (nSPS) is 19.2. The van der Waals surface area contributed by atoms with Crippen molar-refractivity contribution in [1.29, 1.82) is 0 Å².